The lowest BCUT2D eigenvalue weighted by Gasteiger charge is -2.41. The lowest BCUT2D eigenvalue weighted by Crippen LogP contribution is -2.53. The number of halogens is 1. The van der Waals surface area contributed by atoms with E-state index in [2.05, 4.69) is 72.7 Å². The van der Waals surface area contributed by atoms with Gasteiger partial charge >= 0.3 is 0 Å². The highest BCUT2D eigenvalue weighted by Gasteiger charge is 2.33. The molecule has 0 aliphatic rings. The summed E-state index contributed by atoms with van der Waals surface area (Å²) >= 11 is 2.54. The molecule has 0 aliphatic heterocycles. The van der Waals surface area contributed by atoms with Crippen LogP contribution in [0.1, 0.15) is 109 Å². The van der Waals surface area contributed by atoms with E-state index in [0.29, 0.717) is 0 Å². The van der Waals surface area contributed by atoms with Gasteiger partial charge in [0.15, 0.2) is 0 Å². The molecule has 0 saturated heterocycles. The first-order valence-corrected chi connectivity index (χ1v) is 13.9. The Morgan fingerprint density at radius 3 is 1.60 bits per heavy atom. The molecular formula is C28H47IN+. The monoisotopic (exact) mass is 524 g/mol. The van der Waals surface area contributed by atoms with E-state index in [4.69, 9.17) is 6.42 Å². The summed E-state index contributed by atoms with van der Waals surface area (Å²) in [5.41, 5.74) is 1.43. The molecule has 0 bridgehead atoms. The zero-order chi connectivity index (χ0) is 21.9. The van der Waals surface area contributed by atoms with Crippen molar-refractivity contribution in [3.63, 3.8) is 0 Å². The summed E-state index contributed by atoms with van der Waals surface area (Å²) in [6, 6.07) is 11.0. The molecule has 1 aromatic rings. The number of hydrogen-bond acceptors (Lipinski definition) is 0. The Kier molecular flexibility index (Phi) is 16.6. The molecule has 0 radical (unpaired) electrons. The molecular weight excluding hydrogens is 477 g/mol. The second kappa shape index (κ2) is 18.1. The predicted molar refractivity (Wildman–Crippen MR) is 143 cm³/mol. The number of benzene rings is 1. The first-order valence-electron chi connectivity index (χ1n) is 12.7. The number of terminal acetylenes is 1. The minimum Gasteiger partial charge on any atom is -0.299 e. The van der Waals surface area contributed by atoms with Crippen molar-refractivity contribution in [1.29, 1.82) is 0 Å². The van der Waals surface area contributed by atoms with Crippen molar-refractivity contribution in [2.24, 2.45) is 0 Å². The van der Waals surface area contributed by atoms with Crippen molar-refractivity contribution in [1.82, 2.24) is 0 Å². The van der Waals surface area contributed by atoms with Crippen LogP contribution in [-0.4, -0.2) is 21.6 Å². The summed E-state index contributed by atoms with van der Waals surface area (Å²) < 4.78 is 1.31. The third-order valence-corrected chi connectivity index (χ3v) is 7.91. The maximum atomic E-state index is 6.01. The summed E-state index contributed by atoms with van der Waals surface area (Å²) in [4.78, 5) is 0. The molecule has 1 nitrogen and oxygen atoms in total. The smallest absolute Gasteiger partial charge is 0.200 e. The first-order chi connectivity index (χ1) is 14.7. The van der Waals surface area contributed by atoms with Gasteiger partial charge in [0, 0.05) is 28.2 Å². The SMILES string of the molecule is C#CC(I)[N+](CCCCCCCCC)(CCCCCCCCC)Cc1ccccc1. The fourth-order valence-corrected chi connectivity index (χ4v) is 5.20. The van der Waals surface area contributed by atoms with Crippen molar-refractivity contribution in [3.05, 3.63) is 35.9 Å². The van der Waals surface area contributed by atoms with E-state index in [1.807, 2.05) is 0 Å². The van der Waals surface area contributed by atoms with E-state index in [1.54, 1.807) is 0 Å². The predicted octanol–water partition coefficient (Wildman–Crippen LogP) is 8.90. The fourth-order valence-electron chi connectivity index (χ4n) is 4.45. The quantitative estimate of drug-likeness (QED) is 0.0423. The molecule has 0 fully saturated rings. The summed E-state index contributed by atoms with van der Waals surface area (Å²) in [7, 11) is 0. The number of quaternary nitrogens is 1. The molecule has 0 saturated carbocycles. The molecule has 0 aliphatic carbocycles. The molecule has 30 heavy (non-hydrogen) atoms. The highest BCUT2D eigenvalue weighted by molar-refractivity contribution is 14.1. The van der Waals surface area contributed by atoms with E-state index in [1.165, 1.54) is 109 Å². The largest absolute Gasteiger partial charge is 0.299 e. The topological polar surface area (TPSA) is 0 Å². The van der Waals surface area contributed by atoms with Crippen LogP contribution in [0.3, 0.4) is 0 Å². The highest BCUT2D eigenvalue weighted by Crippen LogP contribution is 2.27. The minimum atomic E-state index is 0.253. The standard InChI is InChI=1S/C28H47IN/c1-4-7-9-11-13-15-20-24-30(28(29)6-3,26-27-22-18-17-19-23-27)25-21-16-14-12-10-8-5-2/h3,17-19,22-23,28H,4-5,7-16,20-21,24-26H2,1-2H3/q+1. The molecule has 0 N–H and O–H groups in total. The van der Waals surface area contributed by atoms with E-state index in [-0.39, 0.29) is 4.05 Å². The van der Waals surface area contributed by atoms with Crippen molar-refractivity contribution in [2.75, 3.05) is 13.1 Å². The van der Waals surface area contributed by atoms with Gasteiger partial charge in [-0.1, -0.05) is 108 Å². The Bertz CT molecular complexity index is 530. The van der Waals surface area contributed by atoms with Gasteiger partial charge in [-0.05, 0) is 31.6 Å². The summed E-state index contributed by atoms with van der Waals surface area (Å²) in [6.45, 7) is 8.09. The van der Waals surface area contributed by atoms with Crippen molar-refractivity contribution in [2.45, 2.75) is 114 Å². The summed E-state index contributed by atoms with van der Waals surface area (Å²) in [6.07, 6.45) is 25.1. The number of unbranched alkanes of at least 4 members (excludes halogenated alkanes) is 12. The van der Waals surface area contributed by atoms with Crippen LogP contribution in [0.4, 0.5) is 0 Å². The average Bonchev–Trinajstić information content (AvgIpc) is 2.77. The van der Waals surface area contributed by atoms with Crippen molar-refractivity contribution >= 4 is 22.6 Å². The van der Waals surface area contributed by atoms with Crippen molar-refractivity contribution in [3.8, 4) is 12.3 Å². The van der Waals surface area contributed by atoms with E-state index in [9.17, 15) is 0 Å². The van der Waals surface area contributed by atoms with Crippen LogP contribution in [0.2, 0.25) is 0 Å². The zero-order valence-electron chi connectivity index (χ0n) is 19.9. The molecule has 170 valence electrons. The molecule has 1 unspecified atom stereocenters. The van der Waals surface area contributed by atoms with Gasteiger partial charge in [0.25, 0.3) is 0 Å². The van der Waals surface area contributed by atoms with Crippen LogP contribution < -0.4 is 0 Å². The van der Waals surface area contributed by atoms with Gasteiger partial charge in [-0.25, -0.2) is 0 Å². The Balaban J connectivity index is 2.66. The molecule has 1 aromatic carbocycles. The minimum absolute atomic E-state index is 0.253. The van der Waals surface area contributed by atoms with Gasteiger partial charge in [0.2, 0.25) is 4.05 Å². The number of hydrogen-bond donors (Lipinski definition) is 0. The third-order valence-electron chi connectivity index (χ3n) is 6.37. The Hall–Kier alpha value is -0.530. The summed E-state index contributed by atoms with van der Waals surface area (Å²) in [5, 5.41) is 0. The number of nitrogens with zero attached hydrogens (tertiary/aromatic N) is 1. The van der Waals surface area contributed by atoms with E-state index < -0.39 is 0 Å². The van der Waals surface area contributed by atoms with E-state index in [0.717, 1.165) is 11.0 Å². The third kappa shape index (κ3) is 11.8. The van der Waals surface area contributed by atoms with Crippen LogP contribution in [0, 0.1) is 12.3 Å². The maximum absolute atomic E-state index is 6.01. The Morgan fingerprint density at radius 2 is 1.17 bits per heavy atom. The van der Waals surface area contributed by atoms with Gasteiger partial charge in [-0.2, -0.15) is 0 Å². The van der Waals surface area contributed by atoms with Gasteiger partial charge < -0.3 is 0 Å². The lowest BCUT2D eigenvalue weighted by molar-refractivity contribution is -0.940. The van der Waals surface area contributed by atoms with E-state index >= 15 is 0 Å². The normalized spacial score (nSPS) is 12.6. The van der Waals surface area contributed by atoms with Gasteiger partial charge in [-0.3, -0.25) is 4.48 Å². The van der Waals surface area contributed by atoms with Gasteiger partial charge in [-0.15, -0.1) is 6.42 Å². The molecule has 0 amide bonds. The number of alkyl halides is 1. The van der Waals surface area contributed by atoms with Crippen LogP contribution >= 0.6 is 22.6 Å². The first kappa shape index (κ1) is 27.5. The molecule has 0 spiro atoms. The van der Waals surface area contributed by atoms with Crippen LogP contribution in [0.5, 0.6) is 0 Å². The maximum Gasteiger partial charge on any atom is 0.200 e. The molecule has 0 heterocycles. The fraction of sp³-hybridized carbons (Fsp3) is 0.714. The van der Waals surface area contributed by atoms with Crippen LogP contribution in [-0.2, 0) is 6.54 Å². The van der Waals surface area contributed by atoms with Gasteiger partial charge in [0.1, 0.15) is 6.54 Å². The van der Waals surface area contributed by atoms with Crippen LogP contribution in [0.15, 0.2) is 30.3 Å². The Morgan fingerprint density at radius 1 is 0.733 bits per heavy atom. The van der Waals surface area contributed by atoms with Gasteiger partial charge in [0.05, 0.1) is 13.1 Å². The Labute approximate surface area is 202 Å². The zero-order valence-corrected chi connectivity index (χ0v) is 22.0. The number of rotatable bonds is 19. The second-order valence-corrected chi connectivity index (χ2v) is 10.2. The van der Waals surface area contributed by atoms with Crippen molar-refractivity contribution < 1.29 is 4.48 Å². The lowest BCUT2D eigenvalue weighted by atomic mass is 10.1. The average molecular weight is 525 g/mol. The molecule has 2 heteroatoms. The van der Waals surface area contributed by atoms with Crippen LogP contribution in [0.25, 0.3) is 0 Å². The highest BCUT2D eigenvalue weighted by atomic mass is 127. The summed E-state index contributed by atoms with van der Waals surface area (Å²) in [5.74, 6) is 3.12. The molecule has 1 rings (SSSR count). The second-order valence-electron chi connectivity index (χ2n) is 9.05. The molecule has 1 atom stereocenters. The molecule has 0 aromatic heterocycles.